The van der Waals surface area contributed by atoms with Crippen LogP contribution in [0.5, 0.6) is 0 Å². The number of carbonyl (C=O) groups excluding carboxylic acids is 1. The first-order chi connectivity index (χ1) is 13.4. The summed E-state index contributed by atoms with van der Waals surface area (Å²) >= 11 is 12.1. The van der Waals surface area contributed by atoms with Gasteiger partial charge in [-0.15, -0.1) is 0 Å². The largest absolute Gasteiger partial charge is 0.322 e. The smallest absolute Gasteiger partial charge is 0.255 e. The first-order valence-corrected chi connectivity index (χ1v) is 10.1. The summed E-state index contributed by atoms with van der Waals surface area (Å²) in [5, 5.41) is 4.14. The normalized spacial score (nSPS) is 11.9. The fourth-order valence-corrected chi connectivity index (χ4v) is 3.41. The Labute approximate surface area is 176 Å². The van der Waals surface area contributed by atoms with E-state index in [2.05, 4.69) is 12.2 Å². The van der Waals surface area contributed by atoms with Crippen molar-refractivity contribution in [1.82, 2.24) is 0 Å². The highest BCUT2D eigenvalue weighted by molar-refractivity contribution is 6.42. The summed E-state index contributed by atoms with van der Waals surface area (Å²) in [7, 11) is 0. The summed E-state index contributed by atoms with van der Waals surface area (Å²) in [6, 6.07) is 21.4. The Hall–Kier alpha value is -2.29. The van der Waals surface area contributed by atoms with Crippen molar-refractivity contribution >= 4 is 34.8 Å². The molecule has 0 heterocycles. The maximum atomic E-state index is 12.5. The molecule has 0 aliphatic carbocycles. The number of para-hydroxylation sites is 1. The van der Waals surface area contributed by atoms with Gasteiger partial charge in [-0.2, -0.15) is 0 Å². The van der Waals surface area contributed by atoms with Crippen LogP contribution in [0.4, 0.5) is 5.69 Å². The fraction of sp³-hybridized carbons (Fsp3) is 0.208. The third kappa shape index (κ3) is 5.15. The van der Waals surface area contributed by atoms with E-state index in [-0.39, 0.29) is 5.91 Å². The lowest BCUT2D eigenvalue weighted by Gasteiger charge is -2.13. The van der Waals surface area contributed by atoms with E-state index in [9.17, 15) is 4.79 Å². The Balaban J connectivity index is 1.58. The Kier molecular flexibility index (Phi) is 6.77. The SMILES string of the molecule is Cc1ccccc1NC(=O)c1ccc(CCC(C)c2ccc(Cl)c(Cl)c2)cc1. The summed E-state index contributed by atoms with van der Waals surface area (Å²) in [4.78, 5) is 12.5. The average Bonchev–Trinajstić information content (AvgIpc) is 2.70. The van der Waals surface area contributed by atoms with E-state index < -0.39 is 0 Å². The molecular weight excluding hydrogens is 389 g/mol. The molecule has 3 aromatic carbocycles. The van der Waals surface area contributed by atoms with Crippen molar-refractivity contribution < 1.29 is 4.79 Å². The minimum Gasteiger partial charge on any atom is -0.322 e. The van der Waals surface area contributed by atoms with Crippen LogP contribution < -0.4 is 5.32 Å². The maximum absolute atomic E-state index is 12.5. The molecule has 2 nitrogen and oxygen atoms in total. The molecule has 0 saturated heterocycles. The van der Waals surface area contributed by atoms with Crippen LogP contribution in [0.25, 0.3) is 0 Å². The number of carbonyl (C=O) groups is 1. The minimum absolute atomic E-state index is 0.0926. The predicted molar refractivity (Wildman–Crippen MR) is 119 cm³/mol. The van der Waals surface area contributed by atoms with Gasteiger partial charge in [0, 0.05) is 11.3 Å². The number of anilines is 1. The monoisotopic (exact) mass is 411 g/mol. The molecule has 0 saturated carbocycles. The lowest BCUT2D eigenvalue weighted by Crippen LogP contribution is -2.12. The second-order valence-electron chi connectivity index (χ2n) is 7.08. The molecular formula is C24H23Cl2NO. The van der Waals surface area contributed by atoms with Crippen molar-refractivity contribution in [2.75, 3.05) is 5.32 Å². The molecule has 0 radical (unpaired) electrons. The summed E-state index contributed by atoms with van der Waals surface area (Å²) < 4.78 is 0. The Bertz CT molecular complexity index is 967. The summed E-state index contributed by atoms with van der Waals surface area (Å²) in [6.07, 6.45) is 1.92. The molecule has 0 aromatic heterocycles. The molecule has 1 unspecified atom stereocenters. The van der Waals surface area contributed by atoms with Crippen LogP contribution in [-0.2, 0) is 6.42 Å². The zero-order valence-corrected chi connectivity index (χ0v) is 17.5. The number of hydrogen-bond acceptors (Lipinski definition) is 1. The van der Waals surface area contributed by atoms with Crippen LogP contribution in [0.1, 0.15) is 46.3 Å². The zero-order valence-electron chi connectivity index (χ0n) is 16.0. The molecule has 4 heteroatoms. The summed E-state index contributed by atoms with van der Waals surface area (Å²) in [5.74, 6) is 0.281. The molecule has 0 fully saturated rings. The highest BCUT2D eigenvalue weighted by atomic mass is 35.5. The highest BCUT2D eigenvalue weighted by Gasteiger charge is 2.10. The third-order valence-corrected chi connectivity index (χ3v) is 5.73. The van der Waals surface area contributed by atoms with Gasteiger partial charge in [-0.05, 0) is 72.7 Å². The van der Waals surface area contributed by atoms with E-state index in [4.69, 9.17) is 23.2 Å². The number of halogens is 2. The molecule has 0 spiro atoms. The van der Waals surface area contributed by atoms with E-state index in [1.54, 1.807) is 0 Å². The number of nitrogens with one attached hydrogen (secondary N) is 1. The van der Waals surface area contributed by atoms with Gasteiger partial charge in [-0.1, -0.05) is 66.5 Å². The standard InChI is InChI=1S/C24H23Cl2NO/c1-16(20-13-14-21(25)22(26)15-20)7-8-18-9-11-19(12-10-18)24(28)27-23-6-4-3-5-17(23)2/h3-6,9-16H,7-8H2,1-2H3,(H,27,28). The molecule has 1 N–H and O–H groups in total. The fourth-order valence-electron chi connectivity index (χ4n) is 3.10. The van der Waals surface area contributed by atoms with Gasteiger partial charge >= 0.3 is 0 Å². The topological polar surface area (TPSA) is 29.1 Å². The van der Waals surface area contributed by atoms with Gasteiger partial charge < -0.3 is 5.32 Å². The van der Waals surface area contributed by atoms with Crippen LogP contribution >= 0.6 is 23.2 Å². The molecule has 1 amide bonds. The van der Waals surface area contributed by atoms with Crippen LogP contribution in [0, 0.1) is 6.92 Å². The van der Waals surface area contributed by atoms with Crippen LogP contribution in [-0.4, -0.2) is 5.91 Å². The van der Waals surface area contributed by atoms with Crippen molar-refractivity contribution in [3.8, 4) is 0 Å². The van der Waals surface area contributed by atoms with E-state index in [1.165, 1.54) is 11.1 Å². The van der Waals surface area contributed by atoms with Crippen molar-refractivity contribution in [3.63, 3.8) is 0 Å². The van der Waals surface area contributed by atoms with Gasteiger partial charge in [0.2, 0.25) is 0 Å². The van der Waals surface area contributed by atoms with E-state index in [0.717, 1.165) is 24.1 Å². The molecule has 1 atom stereocenters. The van der Waals surface area contributed by atoms with E-state index in [1.807, 2.05) is 73.7 Å². The number of hydrogen-bond donors (Lipinski definition) is 1. The van der Waals surface area contributed by atoms with Crippen LogP contribution in [0.3, 0.4) is 0 Å². The quantitative estimate of drug-likeness (QED) is 0.453. The van der Waals surface area contributed by atoms with Gasteiger partial charge in [0.25, 0.3) is 5.91 Å². The molecule has 0 aliphatic rings. The first-order valence-electron chi connectivity index (χ1n) is 9.35. The zero-order chi connectivity index (χ0) is 20.1. The molecule has 144 valence electrons. The van der Waals surface area contributed by atoms with Gasteiger partial charge in [0.15, 0.2) is 0 Å². The van der Waals surface area contributed by atoms with Gasteiger partial charge in [-0.3, -0.25) is 4.79 Å². The maximum Gasteiger partial charge on any atom is 0.255 e. The van der Waals surface area contributed by atoms with E-state index in [0.29, 0.717) is 21.5 Å². The number of rotatable bonds is 6. The Morgan fingerprint density at radius 3 is 2.36 bits per heavy atom. The summed E-state index contributed by atoms with van der Waals surface area (Å²) in [6.45, 7) is 4.16. The second kappa shape index (κ2) is 9.27. The molecule has 0 aliphatic heterocycles. The molecule has 3 aromatic rings. The van der Waals surface area contributed by atoms with Crippen LogP contribution in [0.2, 0.25) is 10.0 Å². The Morgan fingerprint density at radius 2 is 1.68 bits per heavy atom. The number of benzene rings is 3. The molecule has 28 heavy (non-hydrogen) atoms. The average molecular weight is 412 g/mol. The van der Waals surface area contributed by atoms with Crippen molar-refractivity contribution in [3.05, 3.63) is 99.0 Å². The van der Waals surface area contributed by atoms with Gasteiger partial charge in [-0.25, -0.2) is 0 Å². The van der Waals surface area contributed by atoms with Gasteiger partial charge in [0.1, 0.15) is 0 Å². The lowest BCUT2D eigenvalue weighted by molar-refractivity contribution is 0.102. The predicted octanol–water partition coefficient (Wildman–Crippen LogP) is 7.29. The highest BCUT2D eigenvalue weighted by Crippen LogP contribution is 2.28. The lowest BCUT2D eigenvalue weighted by atomic mass is 9.94. The molecule has 3 rings (SSSR count). The van der Waals surface area contributed by atoms with Crippen molar-refractivity contribution in [2.24, 2.45) is 0 Å². The summed E-state index contributed by atoms with van der Waals surface area (Å²) in [5.41, 5.74) is 4.93. The van der Waals surface area contributed by atoms with Crippen LogP contribution in [0.15, 0.2) is 66.7 Å². The van der Waals surface area contributed by atoms with E-state index >= 15 is 0 Å². The number of aryl methyl sites for hydroxylation is 2. The van der Waals surface area contributed by atoms with Gasteiger partial charge in [0.05, 0.1) is 10.0 Å². The minimum atomic E-state index is -0.0926. The van der Waals surface area contributed by atoms with Crippen molar-refractivity contribution in [2.45, 2.75) is 32.6 Å². The first kappa shape index (κ1) is 20.4. The Morgan fingerprint density at radius 1 is 0.964 bits per heavy atom. The molecule has 0 bridgehead atoms. The second-order valence-corrected chi connectivity index (χ2v) is 7.89. The third-order valence-electron chi connectivity index (χ3n) is 4.99. The number of amides is 1. The van der Waals surface area contributed by atoms with Crippen molar-refractivity contribution in [1.29, 1.82) is 0 Å².